The van der Waals surface area contributed by atoms with Crippen LogP contribution in [-0.2, 0) is 9.53 Å². The van der Waals surface area contributed by atoms with Crippen molar-refractivity contribution in [2.75, 3.05) is 6.54 Å². The van der Waals surface area contributed by atoms with Crippen LogP contribution in [0.25, 0.3) is 0 Å². The number of nitrogens with one attached hydrogen (secondary N) is 1. The van der Waals surface area contributed by atoms with Crippen LogP contribution in [0.1, 0.15) is 54.4 Å². The van der Waals surface area contributed by atoms with Crippen LogP contribution >= 0.6 is 0 Å². The summed E-state index contributed by atoms with van der Waals surface area (Å²) in [4.78, 5) is 11.7. The molecule has 0 aromatic rings. The Bertz CT molecular complexity index is 208. The third kappa shape index (κ3) is 7.69. The molecule has 0 heterocycles. The van der Waals surface area contributed by atoms with Gasteiger partial charge in [0.1, 0.15) is 5.60 Å². The van der Waals surface area contributed by atoms with Crippen molar-refractivity contribution in [1.82, 2.24) is 5.32 Å². The van der Waals surface area contributed by atoms with Crippen LogP contribution < -0.4 is 5.32 Å². The fraction of sp³-hybridized carbons (Fsp3) is 0.923. The predicted molar refractivity (Wildman–Crippen MR) is 67.4 cm³/mol. The second kappa shape index (κ2) is 6.89. The van der Waals surface area contributed by atoms with Crippen molar-refractivity contribution in [2.45, 2.75) is 66.0 Å². The van der Waals surface area contributed by atoms with Gasteiger partial charge in [-0.05, 0) is 34.1 Å². The zero-order valence-corrected chi connectivity index (χ0v) is 11.6. The number of ether oxygens (including phenoxy) is 1. The van der Waals surface area contributed by atoms with E-state index >= 15 is 0 Å². The highest BCUT2D eigenvalue weighted by Crippen LogP contribution is 2.10. The molecule has 0 aromatic heterocycles. The van der Waals surface area contributed by atoms with Crippen molar-refractivity contribution in [3.05, 3.63) is 0 Å². The summed E-state index contributed by atoms with van der Waals surface area (Å²) < 4.78 is 5.31. The minimum absolute atomic E-state index is 0.0847. The van der Waals surface area contributed by atoms with Gasteiger partial charge in [-0.15, -0.1) is 0 Å². The smallest absolute Gasteiger partial charge is 0.310 e. The molecular weight excluding hydrogens is 202 g/mol. The Balaban J connectivity index is 3.88. The zero-order chi connectivity index (χ0) is 12.8. The van der Waals surface area contributed by atoms with Gasteiger partial charge in [0.15, 0.2) is 0 Å². The number of carbonyl (C=O) groups excluding carboxylic acids is 1. The summed E-state index contributed by atoms with van der Waals surface area (Å²) in [5, 5.41) is 3.35. The molecular formula is C13H27NO2. The third-order valence-corrected chi connectivity index (χ3v) is 2.30. The third-order valence-electron chi connectivity index (χ3n) is 2.30. The molecule has 3 nitrogen and oxygen atoms in total. The lowest BCUT2D eigenvalue weighted by Crippen LogP contribution is -2.36. The summed E-state index contributed by atoms with van der Waals surface area (Å²) in [7, 11) is 0. The quantitative estimate of drug-likeness (QED) is 0.712. The van der Waals surface area contributed by atoms with Crippen molar-refractivity contribution in [1.29, 1.82) is 0 Å². The average Bonchev–Trinajstić information content (AvgIpc) is 2.11. The van der Waals surface area contributed by atoms with E-state index < -0.39 is 0 Å². The normalized spacial score (nSPS) is 15.6. The van der Waals surface area contributed by atoms with Gasteiger partial charge in [0, 0.05) is 12.6 Å². The lowest BCUT2D eigenvalue weighted by molar-refractivity contribution is -0.159. The van der Waals surface area contributed by atoms with Gasteiger partial charge in [-0.1, -0.05) is 20.3 Å². The maximum Gasteiger partial charge on any atom is 0.310 e. The molecule has 0 unspecified atom stereocenters. The van der Waals surface area contributed by atoms with Crippen LogP contribution in [0.2, 0.25) is 0 Å². The number of hydrogen-bond donors (Lipinski definition) is 1. The van der Waals surface area contributed by atoms with Crippen molar-refractivity contribution in [3.63, 3.8) is 0 Å². The number of esters is 1. The highest BCUT2D eigenvalue weighted by atomic mass is 16.6. The maximum atomic E-state index is 11.7. The molecule has 16 heavy (non-hydrogen) atoms. The molecule has 0 bridgehead atoms. The van der Waals surface area contributed by atoms with E-state index in [-0.39, 0.29) is 17.5 Å². The lowest BCUT2D eigenvalue weighted by Gasteiger charge is -2.23. The monoisotopic (exact) mass is 229 g/mol. The largest absolute Gasteiger partial charge is 0.460 e. The van der Waals surface area contributed by atoms with E-state index in [1.807, 2.05) is 27.7 Å². The van der Waals surface area contributed by atoms with E-state index in [1.54, 1.807) is 0 Å². The van der Waals surface area contributed by atoms with Crippen LogP contribution in [0.3, 0.4) is 0 Å². The van der Waals surface area contributed by atoms with Crippen LogP contribution in [0, 0.1) is 5.92 Å². The van der Waals surface area contributed by atoms with Gasteiger partial charge < -0.3 is 10.1 Å². The molecule has 0 aliphatic rings. The van der Waals surface area contributed by atoms with E-state index in [9.17, 15) is 4.79 Å². The average molecular weight is 229 g/mol. The Hall–Kier alpha value is -0.570. The fourth-order valence-corrected chi connectivity index (χ4v) is 1.40. The molecule has 0 fully saturated rings. The lowest BCUT2D eigenvalue weighted by atomic mass is 10.1. The summed E-state index contributed by atoms with van der Waals surface area (Å²) in [5.41, 5.74) is -0.389. The van der Waals surface area contributed by atoms with E-state index in [0.29, 0.717) is 12.6 Å². The molecule has 3 heteroatoms. The number of hydrogen-bond acceptors (Lipinski definition) is 3. The Kier molecular flexibility index (Phi) is 6.65. The van der Waals surface area contributed by atoms with Gasteiger partial charge in [-0.2, -0.15) is 0 Å². The summed E-state index contributed by atoms with van der Waals surface area (Å²) in [5.74, 6) is -0.206. The van der Waals surface area contributed by atoms with E-state index in [1.165, 1.54) is 0 Å². The molecule has 0 saturated heterocycles. The first-order chi connectivity index (χ1) is 7.26. The van der Waals surface area contributed by atoms with Crippen LogP contribution in [0.15, 0.2) is 0 Å². The zero-order valence-electron chi connectivity index (χ0n) is 11.6. The number of carbonyl (C=O) groups is 1. The fourth-order valence-electron chi connectivity index (χ4n) is 1.40. The maximum absolute atomic E-state index is 11.7. The van der Waals surface area contributed by atoms with Crippen molar-refractivity contribution >= 4 is 5.97 Å². The van der Waals surface area contributed by atoms with E-state index in [4.69, 9.17) is 4.74 Å². The molecule has 0 aromatic carbocycles. The highest BCUT2D eigenvalue weighted by Gasteiger charge is 2.21. The first-order valence-electron chi connectivity index (χ1n) is 6.22. The molecule has 2 atom stereocenters. The minimum Gasteiger partial charge on any atom is -0.460 e. The second-order valence-corrected chi connectivity index (χ2v) is 5.53. The Morgan fingerprint density at radius 1 is 1.31 bits per heavy atom. The van der Waals surface area contributed by atoms with Crippen molar-refractivity contribution in [3.8, 4) is 0 Å². The summed E-state index contributed by atoms with van der Waals surface area (Å²) in [6.07, 6.45) is 2.30. The Morgan fingerprint density at radius 2 is 1.88 bits per heavy atom. The summed E-state index contributed by atoms with van der Waals surface area (Å²) in [6.45, 7) is 12.6. The topological polar surface area (TPSA) is 38.3 Å². The molecule has 0 aliphatic carbocycles. The Morgan fingerprint density at radius 3 is 2.31 bits per heavy atom. The standard InChI is InChI=1S/C13H27NO2/c1-7-8-11(3)14-9-10(2)12(15)16-13(4,5)6/h10-11,14H,7-9H2,1-6H3/t10-,11+/m0/s1. The molecule has 1 N–H and O–H groups in total. The van der Waals surface area contributed by atoms with Gasteiger partial charge in [0.05, 0.1) is 5.92 Å². The van der Waals surface area contributed by atoms with E-state index in [0.717, 1.165) is 12.8 Å². The van der Waals surface area contributed by atoms with Crippen LogP contribution in [0.5, 0.6) is 0 Å². The van der Waals surface area contributed by atoms with Crippen LogP contribution in [0.4, 0.5) is 0 Å². The summed E-state index contributed by atoms with van der Waals surface area (Å²) in [6, 6.07) is 0.467. The summed E-state index contributed by atoms with van der Waals surface area (Å²) >= 11 is 0. The van der Waals surface area contributed by atoms with Gasteiger partial charge in [0.25, 0.3) is 0 Å². The minimum atomic E-state index is -0.389. The first kappa shape index (κ1) is 15.4. The molecule has 0 amide bonds. The van der Waals surface area contributed by atoms with Crippen molar-refractivity contribution < 1.29 is 9.53 Å². The molecule has 0 rings (SSSR count). The molecule has 0 aliphatic heterocycles. The van der Waals surface area contributed by atoms with Gasteiger partial charge in [-0.25, -0.2) is 0 Å². The highest BCUT2D eigenvalue weighted by molar-refractivity contribution is 5.72. The molecule has 0 saturated carbocycles. The predicted octanol–water partition coefficient (Wildman–Crippen LogP) is 2.74. The molecule has 0 spiro atoms. The second-order valence-electron chi connectivity index (χ2n) is 5.53. The molecule has 0 radical (unpaired) electrons. The SMILES string of the molecule is CCC[C@@H](C)NC[C@H](C)C(=O)OC(C)(C)C. The first-order valence-corrected chi connectivity index (χ1v) is 6.22. The van der Waals surface area contributed by atoms with Gasteiger partial charge in [0.2, 0.25) is 0 Å². The van der Waals surface area contributed by atoms with E-state index in [2.05, 4.69) is 19.2 Å². The van der Waals surface area contributed by atoms with Gasteiger partial charge >= 0.3 is 5.97 Å². The van der Waals surface area contributed by atoms with Gasteiger partial charge in [-0.3, -0.25) is 4.79 Å². The Labute approximate surface area is 99.9 Å². The molecule has 96 valence electrons. The number of rotatable bonds is 6. The van der Waals surface area contributed by atoms with Crippen molar-refractivity contribution in [2.24, 2.45) is 5.92 Å². The van der Waals surface area contributed by atoms with Crippen LogP contribution in [-0.4, -0.2) is 24.2 Å².